The van der Waals surface area contributed by atoms with Gasteiger partial charge in [0.1, 0.15) is 16.7 Å². The first kappa shape index (κ1) is 15.6. The number of likely N-dealkylation sites (N-methyl/N-ethyl adjacent to an activating group) is 1. The monoisotopic (exact) mass is 283 g/mol. The van der Waals surface area contributed by atoms with Crippen LogP contribution in [-0.4, -0.2) is 44.0 Å². The molecule has 0 aliphatic carbocycles. The Labute approximate surface area is 113 Å². The Hall–Kier alpha value is -1.49. The van der Waals surface area contributed by atoms with E-state index in [1.54, 1.807) is 13.8 Å². The average molecular weight is 283 g/mol. The summed E-state index contributed by atoms with van der Waals surface area (Å²) in [6, 6.07) is 4.37. The molecule has 0 N–H and O–H groups in total. The van der Waals surface area contributed by atoms with E-state index in [-0.39, 0.29) is 16.6 Å². The number of ether oxygens (including phenoxy) is 1. The minimum Gasteiger partial charge on any atom is -0.383 e. The molecule has 19 heavy (non-hydrogen) atoms. The molecule has 0 spiro atoms. The number of rotatable bonds is 6. The highest BCUT2D eigenvalue weighted by molar-refractivity contribution is 7.89. The lowest BCUT2D eigenvalue weighted by Gasteiger charge is -2.26. The summed E-state index contributed by atoms with van der Waals surface area (Å²) >= 11 is 0. The van der Waals surface area contributed by atoms with Gasteiger partial charge in [-0.05, 0) is 19.1 Å². The lowest BCUT2D eigenvalue weighted by molar-refractivity contribution is 0.142. The molecule has 0 aliphatic heterocycles. The van der Waals surface area contributed by atoms with E-state index in [1.807, 2.05) is 6.07 Å². The number of sulfonamides is 1. The summed E-state index contributed by atoms with van der Waals surface area (Å²) in [4.78, 5) is 3.87. The van der Waals surface area contributed by atoms with Crippen LogP contribution in [0.4, 0.5) is 0 Å². The zero-order chi connectivity index (χ0) is 14.5. The second-order valence-electron chi connectivity index (χ2n) is 4.00. The molecule has 104 valence electrons. The van der Waals surface area contributed by atoms with Gasteiger partial charge < -0.3 is 4.74 Å². The number of methoxy groups -OCH3 is 1. The van der Waals surface area contributed by atoms with Crippen LogP contribution in [-0.2, 0) is 14.8 Å². The van der Waals surface area contributed by atoms with Crippen LogP contribution in [0.25, 0.3) is 0 Å². The standard InChI is InChI=1S/C12H17N3O3S/c1-4-15(10(2)9-18-3)19(16,17)12-6-5-11(7-13)14-8-12/h5-6,8,10H,4,9H2,1-3H3. The van der Waals surface area contributed by atoms with Gasteiger partial charge in [-0.15, -0.1) is 0 Å². The Kier molecular flexibility index (Phi) is 5.42. The van der Waals surface area contributed by atoms with Crippen LogP contribution < -0.4 is 0 Å². The van der Waals surface area contributed by atoms with Crippen LogP contribution in [0.3, 0.4) is 0 Å². The Bertz CT molecular complexity index is 549. The van der Waals surface area contributed by atoms with Gasteiger partial charge in [-0.3, -0.25) is 0 Å². The summed E-state index contributed by atoms with van der Waals surface area (Å²) in [5.41, 5.74) is 0.187. The van der Waals surface area contributed by atoms with Gasteiger partial charge in [-0.2, -0.15) is 9.57 Å². The van der Waals surface area contributed by atoms with E-state index >= 15 is 0 Å². The van der Waals surface area contributed by atoms with Gasteiger partial charge >= 0.3 is 0 Å². The zero-order valence-electron chi connectivity index (χ0n) is 11.2. The lowest BCUT2D eigenvalue weighted by atomic mass is 10.4. The molecule has 1 unspecified atom stereocenters. The smallest absolute Gasteiger partial charge is 0.244 e. The number of pyridine rings is 1. The van der Waals surface area contributed by atoms with Crippen molar-refractivity contribution in [3.05, 3.63) is 24.0 Å². The average Bonchev–Trinajstić information content (AvgIpc) is 2.39. The second kappa shape index (κ2) is 6.61. The van der Waals surface area contributed by atoms with Crippen molar-refractivity contribution in [2.24, 2.45) is 0 Å². The van der Waals surface area contributed by atoms with Crippen molar-refractivity contribution >= 4 is 10.0 Å². The first-order chi connectivity index (χ1) is 8.97. The SMILES string of the molecule is CCN(C(C)COC)S(=O)(=O)c1ccc(C#N)nc1. The summed E-state index contributed by atoms with van der Waals surface area (Å²) < 4.78 is 31.2. The third-order valence-corrected chi connectivity index (χ3v) is 4.74. The minimum atomic E-state index is -3.62. The van der Waals surface area contributed by atoms with Crippen LogP contribution in [0.2, 0.25) is 0 Å². The Morgan fingerprint density at radius 2 is 2.21 bits per heavy atom. The molecule has 0 radical (unpaired) electrons. The van der Waals surface area contributed by atoms with Crippen molar-refractivity contribution in [3.63, 3.8) is 0 Å². The molecule has 7 heteroatoms. The minimum absolute atomic E-state index is 0.0799. The predicted octanol–water partition coefficient (Wildman–Crippen LogP) is 0.999. The van der Waals surface area contributed by atoms with Gasteiger partial charge in [0.2, 0.25) is 10.0 Å². The highest BCUT2D eigenvalue weighted by Gasteiger charge is 2.27. The Morgan fingerprint density at radius 1 is 1.53 bits per heavy atom. The molecule has 0 bridgehead atoms. The fourth-order valence-electron chi connectivity index (χ4n) is 1.78. The molecule has 1 heterocycles. The molecule has 0 amide bonds. The quantitative estimate of drug-likeness (QED) is 0.777. The molecule has 1 aromatic heterocycles. The molecular formula is C12H17N3O3S. The molecule has 0 aromatic carbocycles. The second-order valence-corrected chi connectivity index (χ2v) is 5.89. The highest BCUT2D eigenvalue weighted by atomic mass is 32.2. The molecule has 0 saturated carbocycles. The van der Waals surface area contributed by atoms with Crippen LogP contribution in [0.15, 0.2) is 23.2 Å². The molecule has 0 fully saturated rings. The molecule has 1 rings (SSSR count). The Balaban J connectivity index is 3.09. The normalized spacial score (nSPS) is 13.2. The van der Waals surface area contributed by atoms with Crippen molar-refractivity contribution in [1.29, 1.82) is 5.26 Å². The van der Waals surface area contributed by atoms with E-state index in [0.29, 0.717) is 13.2 Å². The molecule has 1 aromatic rings. The van der Waals surface area contributed by atoms with Crippen LogP contribution in [0, 0.1) is 11.3 Å². The topological polar surface area (TPSA) is 83.3 Å². The number of nitriles is 1. The first-order valence-electron chi connectivity index (χ1n) is 5.84. The maximum Gasteiger partial charge on any atom is 0.244 e. The van der Waals surface area contributed by atoms with Gasteiger partial charge in [0.25, 0.3) is 0 Å². The largest absolute Gasteiger partial charge is 0.383 e. The fourth-order valence-corrected chi connectivity index (χ4v) is 3.35. The third kappa shape index (κ3) is 3.50. The zero-order valence-corrected chi connectivity index (χ0v) is 12.0. The van der Waals surface area contributed by atoms with Gasteiger partial charge in [0.15, 0.2) is 0 Å². The number of nitrogens with zero attached hydrogens (tertiary/aromatic N) is 3. The van der Waals surface area contributed by atoms with Crippen LogP contribution in [0.1, 0.15) is 19.5 Å². The molecule has 6 nitrogen and oxygen atoms in total. The van der Waals surface area contributed by atoms with E-state index in [2.05, 4.69) is 4.98 Å². The maximum atomic E-state index is 12.4. The van der Waals surface area contributed by atoms with Gasteiger partial charge in [0.05, 0.1) is 6.61 Å². The summed E-state index contributed by atoms with van der Waals surface area (Å²) in [5, 5.41) is 8.66. The third-order valence-electron chi connectivity index (χ3n) is 2.67. The first-order valence-corrected chi connectivity index (χ1v) is 7.28. The highest BCUT2D eigenvalue weighted by Crippen LogP contribution is 2.17. The summed E-state index contributed by atoms with van der Waals surface area (Å²) in [6.07, 6.45) is 1.20. The van der Waals surface area contributed by atoms with E-state index < -0.39 is 10.0 Å². The van der Waals surface area contributed by atoms with Crippen molar-refractivity contribution in [1.82, 2.24) is 9.29 Å². The van der Waals surface area contributed by atoms with Gasteiger partial charge in [-0.1, -0.05) is 6.92 Å². The number of aromatic nitrogens is 1. The fraction of sp³-hybridized carbons (Fsp3) is 0.500. The van der Waals surface area contributed by atoms with Crippen molar-refractivity contribution in [3.8, 4) is 6.07 Å². The number of hydrogen-bond acceptors (Lipinski definition) is 5. The van der Waals surface area contributed by atoms with Gasteiger partial charge in [-0.25, -0.2) is 13.4 Å². The van der Waals surface area contributed by atoms with Crippen LogP contribution >= 0.6 is 0 Å². The van der Waals surface area contributed by atoms with E-state index in [0.717, 1.165) is 0 Å². The van der Waals surface area contributed by atoms with Crippen LogP contribution in [0.5, 0.6) is 0 Å². The molecule has 1 atom stereocenters. The van der Waals surface area contributed by atoms with Crippen molar-refractivity contribution < 1.29 is 13.2 Å². The molecule has 0 saturated heterocycles. The Morgan fingerprint density at radius 3 is 2.63 bits per heavy atom. The van der Waals surface area contributed by atoms with Crippen molar-refractivity contribution in [2.45, 2.75) is 24.8 Å². The predicted molar refractivity (Wildman–Crippen MR) is 69.9 cm³/mol. The van der Waals surface area contributed by atoms with E-state index in [1.165, 1.54) is 29.7 Å². The summed E-state index contributed by atoms with van der Waals surface area (Å²) in [5.74, 6) is 0. The van der Waals surface area contributed by atoms with E-state index in [4.69, 9.17) is 10.00 Å². The van der Waals surface area contributed by atoms with Gasteiger partial charge in [0, 0.05) is 25.9 Å². The summed E-state index contributed by atoms with van der Waals surface area (Å²) in [7, 11) is -2.09. The number of hydrogen-bond donors (Lipinski definition) is 0. The lowest BCUT2D eigenvalue weighted by Crippen LogP contribution is -2.40. The van der Waals surface area contributed by atoms with Crippen molar-refractivity contribution in [2.75, 3.05) is 20.3 Å². The molecule has 0 aliphatic rings. The summed E-state index contributed by atoms with van der Waals surface area (Å²) in [6.45, 7) is 4.20. The maximum absolute atomic E-state index is 12.4. The molecular weight excluding hydrogens is 266 g/mol. The van der Waals surface area contributed by atoms with E-state index in [9.17, 15) is 8.42 Å².